The fourth-order valence-corrected chi connectivity index (χ4v) is 2.48. The van der Waals surface area contributed by atoms with E-state index in [-0.39, 0.29) is 17.3 Å². The van der Waals surface area contributed by atoms with E-state index in [1.54, 1.807) is 6.20 Å². The summed E-state index contributed by atoms with van der Waals surface area (Å²) in [6.45, 7) is 0.621. The first-order valence-electron chi connectivity index (χ1n) is 8.22. The molecular weight excluding hydrogens is 369 g/mol. The number of halogens is 2. The highest BCUT2D eigenvalue weighted by Crippen LogP contribution is 2.19. The van der Waals surface area contributed by atoms with Crippen molar-refractivity contribution in [3.8, 4) is 5.75 Å². The summed E-state index contributed by atoms with van der Waals surface area (Å²) in [5.74, 6) is 0.0756. The number of rotatable bonds is 6. The van der Waals surface area contributed by atoms with E-state index < -0.39 is 11.8 Å². The number of nitrogens with zero attached hydrogens (tertiary/aromatic N) is 1. The van der Waals surface area contributed by atoms with Gasteiger partial charge in [-0.2, -0.15) is 0 Å². The van der Waals surface area contributed by atoms with Gasteiger partial charge in [0.15, 0.2) is 0 Å². The van der Waals surface area contributed by atoms with Gasteiger partial charge in [0.25, 0.3) is 0 Å². The molecule has 3 rings (SSSR count). The van der Waals surface area contributed by atoms with Gasteiger partial charge in [0, 0.05) is 17.8 Å². The van der Waals surface area contributed by atoms with E-state index in [0.29, 0.717) is 12.4 Å². The van der Waals surface area contributed by atoms with Gasteiger partial charge < -0.3 is 15.4 Å². The average molecular weight is 386 g/mol. The van der Waals surface area contributed by atoms with Crippen LogP contribution < -0.4 is 15.4 Å². The molecule has 0 saturated carbocycles. The average Bonchev–Trinajstić information content (AvgIpc) is 2.68. The normalized spacial score (nSPS) is 10.3. The number of pyridine rings is 1. The molecule has 1 aromatic heterocycles. The van der Waals surface area contributed by atoms with Crippen LogP contribution in [0.4, 0.5) is 14.9 Å². The minimum atomic E-state index is -0.595. The van der Waals surface area contributed by atoms with Crippen LogP contribution >= 0.6 is 11.6 Å². The van der Waals surface area contributed by atoms with Crippen molar-refractivity contribution in [2.24, 2.45) is 0 Å². The molecule has 0 radical (unpaired) electrons. The number of hydrogen-bond acceptors (Lipinski definition) is 3. The van der Waals surface area contributed by atoms with Gasteiger partial charge in [0.2, 0.25) is 0 Å². The molecule has 0 saturated heterocycles. The number of ether oxygens (including phenoxy) is 1. The Bertz CT molecular complexity index is 922. The van der Waals surface area contributed by atoms with Crippen molar-refractivity contribution in [1.82, 2.24) is 10.3 Å². The van der Waals surface area contributed by atoms with Gasteiger partial charge in [0.1, 0.15) is 18.2 Å². The number of nitrogens with one attached hydrogen (secondary N) is 2. The lowest BCUT2D eigenvalue weighted by Crippen LogP contribution is -2.28. The number of aromatic nitrogens is 1. The van der Waals surface area contributed by atoms with Gasteiger partial charge in [-0.25, -0.2) is 9.18 Å². The summed E-state index contributed by atoms with van der Waals surface area (Å²) in [5.41, 5.74) is 1.73. The SMILES string of the molecule is O=C(NCc1cccc(OCc2ccccn2)c1)Nc1ccc(Cl)cc1F. The maximum Gasteiger partial charge on any atom is 0.319 e. The maximum absolute atomic E-state index is 13.7. The van der Waals surface area contributed by atoms with Crippen LogP contribution in [0.1, 0.15) is 11.3 Å². The largest absolute Gasteiger partial charge is 0.487 e. The third kappa shape index (κ3) is 5.69. The molecule has 2 aromatic carbocycles. The minimum Gasteiger partial charge on any atom is -0.487 e. The summed E-state index contributed by atoms with van der Waals surface area (Å²) in [4.78, 5) is 16.2. The molecule has 0 aliphatic rings. The Morgan fingerprint density at radius 2 is 2.00 bits per heavy atom. The van der Waals surface area contributed by atoms with E-state index >= 15 is 0 Å². The molecule has 0 atom stereocenters. The summed E-state index contributed by atoms with van der Waals surface area (Å²) in [6, 6.07) is 16.5. The van der Waals surface area contributed by atoms with Gasteiger partial charge in [-0.05, 0) is 48.0 Å². The number of benzene rings is 2. The molecule has 2 N–H and O–H groups in total. The Labute approximate surface area is 161 Å². The quantitative estimate of drug-likeness (QED) is 0.642. The van der Waals surface area contributed by atoms with E-state index in [1.165, 1.54) is 12.1 Å². The number of hydrogen-bond donors (Lipinski definition) is 2. The second kappa shape index (κ2) is 9.00. The van der Waals surface area contributed by atoms with Gasteiger partial charge in [0.05, 0.1) is 11.4 Å². The van der Waals surface area contributed by atoms with Crippen LogP contribution in [0.3, 0.4) is 0 Å². The van der Waals surface area contributed by atoms with Crippen molar-refractivity contribution >= 4 is 23.3 Å². The fourth-order valence-electron chi connectivity index (χ4n) is 2.33. The minimum absolute atomic E-state index is 0.0596. The molecule has 2 amide bonds. The molecule has 0 unspecified atom stereocenters. The zero-order valence-corrected chi connectivity index (χ0v) is 15.0. The molecule has 0 spiro atoms. The van der Waals surface area contributed by atoms with Crippen molar-refractivity contribution < 1.29 is 13.9 Å². The lowest BCUT2D eigenvalue weighted by Gasteiger charge is -2.10. The Morgan fingerprint density at radius 3 is 2.78 bits per heavy atom. The first-order valence-corrected chi connectivity index (χ1v) is 8.59. The second-order valence-electron chi connectivity index (χ2n) is 5.69. The van der Waals surface area contributed by atoms with E-state index in [2.05, 4.69) is 15.6 Å². The highest BCUT2D eigenvalue weighted by molar-refractivity contribution is 6.30. The van der Waals surface area contributed by atoms with Crippen LogP contribution in [-0.2, 0) is 13.2 Å². The highest BCUT2D eigenvalue weighted by atomic mass is 35.5. The summed E-state index contributed by atoms with van der Waals surface area (Å²) < 4.78 is 19.4. The molecular formula is C20H17ClFN3O2. The highest BCUT2D eigenvalue weighted by Gasteiger charge is 2.07. The third-order valence-corrected chi connectivity index (χ3v) is 3.88. The first kappa shape index (κ1) is 18.7. The third-order valence-electron chi connectivity index (χ3n) is 3.64. The van der Waals surface area contributed by atoms with Gasteiger partial charge in [-0.1, -0.05) is 29.8 Å². The van der Waals surface area contributed by atoms with Crippen LogP contribution in [0.5, 0.6) is 5.75 Å². The van der Waals surface area contributed by atoms with Crippen molar-refractivity contribution in [2.45, 2.75) is 13.2 Å². The smallest absolute Gasteiger partial charge is 0.319 e. The number of anilines is 1. The molecule has 27 heavy (non-hydrogen) atoms. The summed E-state index contributed by atoms with van der Waals surface area (Å²) in [7, 11) is 0. The Hall–Kier alpha value is -3.12. The fraction of sp³-hybridized carbons (Fsp3) is 0.100. The Balaban J connectivity index is 1.52. The van der Waals surface area contributed by atoms with E-state index in [0.717, 1.165) is 17.3 Å². The molecule has 0 aliphatic carbocycles. The van der Waals surface area contributed by atoms with Crippen molar-refractivity contribution in [3.05, 3.63) is 89.0 Å². The number of carbonyl (C=O) groups excluding carboxylic acids is 1. The lowest BCUT2D eigenvalue weighted by molar-refractivity contribution is 0.251. The molecule has 1 heterocycles. The van der Waals surface area contributed by atoms with Crippen LogP contribution in [0.25, 0.3) is 0 Å². The van der Waals surface area contributed by atoms with Crippen molar-refractivity contribution in [1.29, 1.82) is 0 Å². The van der Waals surface area contributed by atoms with Crippen LogP contribution in [0, 0.1) is 5.82 Å². The number of urea groups is 1. The Kier molecular flexibility index (Phi) is 6.22. The molecule has 7 heteroatoms. The molecule has 0 fully saturated rings. The Morgan fingerprint density at radius 1 is 1.11 bits per heavy atom. The van der Waals surface area contributed by atoms with Gasteiger partial charge in [-0.3, -0.25) is 4.98 Å². The molecule has 0 bridgehead atoms. The van der Waals surface area contributed by atoms with E-state index in [9.17, 15) is 9.18 Å². The van der Waals surface area contributed by atoms with Crippen LogP contribution in [0.2, 0.25) is 5.02 Å². The molecule has 0 aliphatic heterocycles. The van der Waals surface area contributed by atoms with Crippen molar-refractivity contribution in [3.63, 3.8) is 0 Å². The first-order chi connectivity index (χ1) is 13.1. The summed E-state index contributed by atoms with van der Waals surface area (Å²) in [6.07, 6.45) is 1.71. The lowest BCUT2D eigenvalue weighted by atomic mass is 10.2. The summed E-state index contributed by atoms with van der Waals surface area (Å²) in [5, 5.41) is 5.38. The topological polar surface area (TPSA) is 63.2 Å². The van der Waals surface area contributed by atoms with Gasteiger partial charge >= 0.3 is 6.03 Å². The van der Waals surface area contributed by atoms with Crippen LogP contribution in [0.15, 0.2) is 66.9 Å². The number of carbonyl (C=O) groups is 1. The number of amides is 2. The monoisotopic (exact) mass is 385 g/mol. The standard InChI is InChI=1S/C20H17ClFN3O2/c21-15-7-8-19(18(22)11-15)25-20(26)24-12-14-4-3-6-17(10-14)27-13-16-5-1-2-9-23-16/h1-11H,12-13H2,(H2,24,25,26). The van der Waals surface area contributed by atoms with Crippen molar-refractivity contribution in [2.75, 3.05) is 5.32 Å². The van der Waals surface area contributed by atoms with E-state index in [4.69, 9.17) is 16.3 Å². The van der Waals surface area contributed by atoms with Crippen LogP contribution in [-0.4, -0.2) is 11.0 Å². The molecule has 138 valence electrons. The summed E-state index contributed by atoms with van der Waals surface area (Å²) >= 11 is 5.69. The maximum atomic E-state index is 13.7. The zero-order valence-electron chi connectivity index (χ0n) is 14.3. The van der Waals surface area contributed by atoms with E-state index in [1.807, 2.05) is 42.5 Å². The predicted molar refractivity (Wildman–Crippen MR) is 102 cm³/mol. The molecule has 5 nitrogen and oxygen atoms in total. The van der Waals surface area contributed by atoms with Gasteiger partial charge in [-0.15, -0.1) is 0 Å². The predicted octanol–water partition coefficient (Wildman–Crippen LogP) is 4.77. The zero-order chi connectivity index (χ0) is 19.1. The molecule has 3 aromatic rings. The second-order valence-corrected chi connectivity index (χ2v) is 6.13.